The molecule has 1 aliphatic heterocycles. The molecule has 0 saturated carbocycles. The van der Waals surface area contributed by atoms with E-state index in [9.17, 15) is 14.0 Å². The third-order valence-electron chi connectivity index (χ3n) is 5.25. The summed E-state index contributed by atoms with van der Waals surface area (Å²) in [6.45, 7) is 4.65. The maximum atomic E-state index is 13.0. The molecule has 1 amide bonds. The van der Waals surface area contributed by atoms with Crippen molar-refractivity contribution >= 4 is 11.6 Å². The van der Waals surface area contributed by atoms with Gasteiger partial charge in [-0.2, -0.15) is 0 Å². The van der Waals surface area contributed by atoms with E-state index in [1.165, 1.54) is 17.7 Å². The molecule has 0 unspecified atom stereocenters. The Morgan fingerprint density at radius 2 is 1.81 bits per heavy atom. The highest BCUT2D eigenvalue weighted by Crippen LogP contribution is 2.19. The summed E-state index contributed by atoms with van der Waals surface area (Å²) in [7, 11) is 0. The first-order valence-electron chi connectivity index (χ1n) is 10.1. The van der Waals surface area contributed by atoms with E-state index in [-0.39, 0.29) is 29.8 Å². The number of anilines is 1. The van der Waals surface area contributed by atoms with Gasteiger partial charge in [0.1, 0.15) is 18.7 Å². The predicted molar refractivity (Wildman–Crippen MR) is 115 cm³/mol. The minimum absolute atomic E-state index is 0.00476. The van der Waals surface area contributed by atoms with Gasteiger partial charge in [0.05, 0.1) is 0 Å². The molecule has 0 bridgehead atoms. The first-order chi connectivity index (χ1) is 15.0. The number of carbonyl (C=O) groups excluding carboxylic acids is 1. The number of benzene rings is 2. The van der Waals surface area contributed by atoms with Gasteiger partial charge in [-0.25, -0.2) is 4.39 Å². The first-order valence-corrected chi connectivity index (χ1v) is 10.1. The lowest BCUT2D eigenvalue weighted by atomic mass is 10.2. The van der Waals surface area contributed by atoms with Crippen LogP contribution in [0.4, 0.5) is 10.1 Å². The van der Waals surface area contributed by atoms with E-state index in [1.54, 1.807) is 17.0 Å². The fraction of sp³-hybridized carbons (Fsp3) is 0.250. The maximum Gasteiger partial charge on any atom is 0.289 e. The SMILES string of the molecule is Cc1cccc(N2CCN(C(=O)c3cc(=O)c(OCc4ccc(F)cc4)co3)CC2)c1. The van der Waals surface area contributed by atoms with Crippen LogP contribution in [0.15, 0.2) is 70.1 Å². The monoisotopic (exact) mass is 422 g/mol. The summed E-state index contributed by atoms with van der Waals surface area (Å²) in [6.07, 6.45) is 1.15. The number of piperazine rings is 1. The summed E-state index contributed by atoms with van der Waals surface area (Å²) in [5.74, 6) is -0.662. The van der Waals surface area contributed by atoms with Crippen LogP contribution >= 0.6 is 0 Å². The third-order valence-corrected chi connectivity index (χ3v) is 5.25. The number of carbonyl (C=O) groups is 1. The van der Waals surface area contributed by atoms with Crippen molar-refractivity contribution in [1.29, 1.82) is 0 Å². The number of ether oxygens (including phenoxy) is 1. The van der Waals surface area contributed by atoms with Crippen molar-refractivity contribution in [3.63, 3.8) is 0 Å². The fourth-order valence-corrected chi connectivity index (χ4v) is 3.51. The fourth-order valence-electron chi connectivity index (χ4n) is 3.51. The highest BCUT2D eigenvalue weighted by Gasteiger charge is 2.24. The summed E-state index contributed by atoms with van der Waals surface area (Å²) in [6, 6.07) is 15.2. The molecule has 1 fully saturated rings. The van der Waals surface area contributed by atoms with Gasteiger partial charge in [0.25, 0.3) is 5.91 Å². The standard InChI is InChI=1S/C24H23FN2O4/c1-17-3-2-4-20(13-17)26-9-11-27(12-10-26)24(29)22-14-21(28)23(16-31-22)30-15-18-5-7-19(25)8-6-18/h2-8,13-14,16H,9-12,15H2,1H3. The van der Waals surface area contributed by atoms with Crippen LogP contribution in [0.1, 0.15) is 21.7 Å². The number of hydrogen-bond acceptors (Lipinski definition) is 5. The summed E-state index contributed by atoms with van der Waals surface area (Å²) < 4.78 is 23.8. The third kappa shape index (κ3) is 4.94. The van der Waals surface area contributed by atoms with Crippen LogP contribution in [0.3, 0.4) is 0 Å². The maximum absolute atomic E-state index is 13.0. The number of amides is 1. The molecule has 160 valence electrons. The molecule has 7 heteroatoms. The Labute approximate surface area is 179 Å². The van der Waals surface area contributed by atoms with Gasteiger partial charge in [-0.05, 0) is 42.3 Å². The summed E-state index contributed by atoms with van der Waals surface area (Å²) >= 11 is 0. The van der Waals surface area contributed by atoms with Crippen LogP contribution in [0.5, 0.6) is 5.75 Å². The molecule has 1 saturated heterocycles. The van der Waals surface area contributed by atoms with Gasteiger partial charge in [0.15, 0.2) is 5.76 Å². The molecule has 4 rings (SSSR count). The van der Waals surface area contributed by atoms with E-state index in [1.807, 2.05) is 6.07 Å². The molecule has 3 aromatic rings. The number of nitrogens with zero attached hydrogens (tertiary/aromatic N) is 2. The number of hydrogen-bond donors (Lipinski definition) is 0. The predicted octanol–water partition coefficient (Wildman–Crippen LogP) is 3.63. The Hall–Kier alpha value is -3.61. The molecule has 31 heavy (non-hydrogen) atoms. The number of aryl methyl sites for hydroxylation is 1. The lowest BCUT2D eigenvalue weighted by molar-refractivity contribution is 0.0711. The molecule has 0 N–H and O–H groups in total. The van der Waals surface area contributed by atoms with Gasteiger partial charge in [0.2, 0.25) is 11.2 Å². The minimum atomic E-state index is -0.435. The molecule has 0 atom stereocenters. The normalized spacial score (nSPS) is 13.9. The van der Waals surface area contributed by atoms with E-state index in [0.717, 1.165) is 18.0 Å². The van der Waals surface area contributed by atoms with Gasteiger partial charge in [-0.1, -0.05) is 24.3 Å². The quantitative estimate of drug-likeness (QED) is 0.628. The molecule has 0 aliphatic carbocycles. The molecule has 6 nitrogen and oxygen atoms in total. The summed E-state index contributed by atoms with van der Waals surface area (Å²) in [5.41, 5.74) is 2.61. The zero-order chi connectivity index (χ0) is 21.8. The van der Waals surface area contributed by atoms with Crippen LogP contribution in [-0.4, -0.2) is 37.0 Å². The van der Waals surface area contributed by atoms with Crippen molar-refractivity contribution in [2.45, 2.75) is 13.5 Å². The van der Waals surface area contributed by atoms with Gasteiger partial charge in [-0.3, -0.25) is 9.59 Å². The van der Waals surface area contributed by atoms with Crippen molar-refractivity contribution in [2.24, 2.45) is 0 Å². The molecular formula is C24H23FN2O4. The lowest BCUT2D eigenvalue weighted by Crippen LogP contribution is -2.48. The average molecular weight is 422 g/mol. The molecule has 0 radical (unpaired) electrons. The largest absolute Gasteiger partial charge is 0.482 e. The Kier molecular flexibility index (Phi) is 6.02. The molecular weight excluding hydrogens is 399 g/mol. The minimum Gasteiger partial charge on any atom is -0.482 e. The van der Waals surface area contributed by atoms with Crippen molar-refractivity contribution in [1.82, 2.24) is 4.90 Å². The Bertz CT molecular complexity index is 1120. The van der Waals surface area contributed by atoms with Crippen molar-refractivity contribution in [3.8, 4) is 5.75 Å². The second-order valence-corrected chi connectivity index (χ2v) is 7.51. The Morgan fingerprint density at radius 3 is 2.48 bits per heavy atom. The van der Waals surface area contributed by atoms with E-state index >= 15 is 0 Å². The number of halogens is 1. The molecule has 1 aromatic heterocycles. The van der Waals surface area contributed by atoms with Gasteiger partial charge in [-0.15, -0.1) is 0 Å². The van der Waals surface area contributed by atoms with Crippen LogP contribution in [-0.2, 0) is 6.61 Å². The van der Waals surface area contributed by atoms with Gasteiger partial charge >= 0.3 is 0 Å². The second-order valence-electron chi connectivity index (χ2n) is 7.51. The van der Waals surface area contributed by atoms with Gasteiger partial charge in [0, 0.05) is 37.9 Å². The van der Waals surface area contributed by atoms with E-state index in [4.69, 9.17) is 9.15 Å². The van der Waals surface area contributed by atoms with Crippen LogP contribution in [0, 0.1) is 12.7 Å². The topological polar surface area (TPSA) is 63.0 Å². The summed E-state index contributed by atoms with van der Waals surface area (Å²) in [5, 5.41) is 0. The summed E-state index contributed by atoms with van der Waals surface area (Å²) in [4.78, 5) is 29.0. The average Bonchev–Trinajstić information content (AvgIpc) is 2.79. The lowest BCUT2D eigenvalue weighted by Gasteiger charge is -2.36. The highest BCUT2D eigenvalue weighted by molar-refractivity contribution is 5.91. The number of rotatable bonds is 5. The molecule has 2 heterocycles. The Morgan fingerprint density at radius 1 is 1.06 bits per heavy atom. The van der Waals surface area contributed by atoms with E-state index in [2.05, 4.69) is 30.0 Å². The van der Waals surface area contributed by atoms with Crippen LogP contribution in [0.2, 0.25) is 0 Å². The molecule has 0 spiro atoms. The van der Waals surface area contributed by atoms with E-state index in [0.29, 0.717) is 31.7 Å². The van der Waals surface area contributed by atoms with Crippen LogP contribution in [0.25, 0.3) is 0 Å². The van der Waals surface area contributed by atoms with Crippen molar-refractivity contribution in [3.05, 3.63) is 93.8 Å². The highest BCUT2D eigenvalue weighted by atomic mass is 19.1. The van der Waals surface area contributed by atoms with Crippen LogP contribution < -0.4 is 15.1 Å². The zero-order valence-electron chi connectivity index (χ0n) is 17.2. The second kappa shape index (κ2) is 9.04. The molecule has 2 aromatic carbocycles. The van der Waals surface area contributed by atoms with Gasteiger partial charge < -0.3 is 19.0 Å². The first kappa shape index (κ1) is 20.7. The van der Waals surface area contributed by atoms with Crippen molar-refractivity contribution in [2.75, 3.05) is 31.1 Å². The molecule has 1 aliphatic rings. The van der Waals surface area contributed by atoms with E-state index < -0.39 is 5.43 Å². The smallest absolute Gasteiger partial charge is 0.289 e. The Balaban J connectivity index is 1.36. The zero-order valence-corrected chi connectivity index (χ0v) is 17.2. The van der Waals surface area contributed by atoms with Crippen molar-refractivity contribution < 1.29 is 18.3 Å².